The molecule has 0 bridgehead atoms. The predicted molar refractivity (Wildman–Crippen MR) is 85.9 cm³/mol. The van der Waals surface area contributed by atoms with Crippen LogP contribution >= 0.6 is 0 Å². The quantitative estimate of drug-likeness (QED) is 0.722. The second-order valence-corrected chi connectivity index (χ2v) is 8.85. The van der Waals surface area contributed by atoms with E-state index in [1.807, 2.05) is 20.8 Å². The van der Waals surface area contributed by atoms with Crippen molar-refractivity contribution in [2.24, 2.45) is 0 Å². The van der Waals surface area contributed by atoms with Gasteiger partial charge in [-0.1, -0.05) is 0 Å². The average Bonchev–Trinajstić information content (AvgIpc) is 2.55. The normalized spacial score (nSPS) is 22.4. The summed E-state index contributed by atoms with van der Waals surface area (Å²) in [6, 6.07) is 2.66. The van der Waals surface area contributed by atoms with Crippen molar-refractivity contribution in [2.45, 2.75) is 58.0 Å². The highest BCUT2D eigenvalue weighted by Crippen LogP contribution is 2.15. The Labute approximate surface area is 129 Å². The van der Waals surface area contributed by atoms with Crippen LogP contribution in [0.4, 0.5) is 0 Å². The number of nitrogens with one attached hydrogen (secondary N) is 1. The Balaban J connectivity index is 2.29. The molecule has 1 aliphatic rings. The summed E-state index contributed by atoms with van der Waals surface area (Å²) in [6.07, 6.45) is 3.56. The van der Waals surface area contributed by atoms with E-state index < -0.39 is 15.4 Å². The van der Waals surface area contributed by atoms with Gasteiger partial charge in [0.2, 0.25) is 0 Å². The SMILES string of the molecule is CC(C)NC(C)(C#N)CCCCN1CCCS(=O)(=O)CC1. The lowest BCUT2D eigenvalue weighted by atomic mass is 9.95. The van der Waals surface area contributed by atoms with Crippen LogP contribution in [0.15, 0.2) is 0 Å². The van der Waals surface area contributed by atoms with Crippen LogP contribution in [-0.2, 0) is 9.84 Å². The van der Waals surface area contributed by atoms with Gasteiger partial charge in [-0.15, -0.1) is 0 Å². The van der Waals surface area contributed by atoms with Crippen LogP contribution in [0.25, 0.3) is 0 Å². The lowest BCUT2D eigenvalue weighted by molar-refractivity contribution is 0.280. The Kier molecular flexibility index (Phi) is 7.11. The van der Waals surface area contributed by atoms with Crippen molar-refractivity contribution < 1.29 is 8.42 Å². The summed E-state index contributed by atoms with van der Waals surface area (Å²) < 4.78 is 23.1. The molecule has 0 aromatic rings. The van der Waals surface area contributed by atoms with Gasteiger partial charge in [0.1, 0.15) is 5.54 Å². The molecule has 0 amide bonds. The summed E-state index contributed by atoms with van der Waals surface area (Å²) >= 11 is 0. The van der Waals surface area contributed by atoms with E-state index in [4.69, 9.17) is 0 Å². The third-order valence-electron chi connectivity index (χ3n) is 3.90. The highest BCUT2D eigenvalue weighted by molar-refractivity contribution is 7.91. The number of sulfone groups is 1. The standard InChI is InChI=1S/C15H29N3O2S/c1-14(2)17-15(3,13-16)7-4-5-8-18-9-6-11-21(19,20)12-10-18/h14,17H,4-12H2,1-3H3. The van der Waals surface area contributed by atoms with Crippen molar-refractivity contribution in [1.29, 1.82) is 5.26 Å². The van der Waals surface area contributed by atoms with Crippen LogP contribution in [0.1, 0.15) is 46.5 Å². The third kappa shape index (κ3) is 7.25. The molecule has 6 heteroatoms. The van der Waals surface area contributed by atoms with Gasteiger partial charge in [-0.25, -0.2) is 8.42 Å². The zero-order chi connectivity index (χ0) is 15.9. The van der Waals surface area contributed by atoms with Gasteiger partial charge < -0.3 is 4.90 Å². The highest BCUT2D eigenvalue weighted by atomic mass is 32.2. The molecular weight excluding hydrogens is 286 g/mol. The summed E-state index contributed by atoms with van der Waals surface area (Å²) in [5, 5.41) is 12.6. The average molecular weight is 315 g/mol. The first kappa shape index (κ1) is 18.4. The monoisotopic (exact) mass is 315 g/mol. The smallest absolute Gasteiger partial charge is 0.151 e. The lowest BCUT2D eigenvalue weighted by Gasteiger charge is -2.26. The number of unbranched alkanes of at least 4 members (excludes halogenated alkanes) is 1. The molecule has 122 valence electrons. The van der Waals surface area contributed by atoms with E-state index in [2.05, 4.69) is 16.3 Å². The van der Waals surface area contributed by atoms with Gasteiger partial charge in [0.15, 0.2) is 9.84 Å². The van der Waals surface area contributed by atoms with Gasteiger partial charge in [0.05, 0.1) is 17.6 Å². The van der Waals surface area contributed by atoms with Gasteiger partial charge in [0, 0.05) is 12.6 Å². The maximum absolute atomic E-state index is 11.5. The fourth-order valence-corrected chi connectivity index (χ4v) is 4.13. The number of hydrogen-bond acceptors (Lipinski definition) is 5. The maximum Gasteiger partial charge on any atom is 0.151 e. The van der Waals surface area contributed by atoms with Crippen molar-refractivity contribution in [2.75, 3.05) is 31.1 Å². The van der Waals surface area contributed by atoms with Gasteiger partial charge in [-0.2, -0.15) is 5.26 Å². The fraction of sp³-hybridized carbons (Fsp3) is 0.933. The molecule has 1 N–H and O–H groups in total. The second-order valence-electron chi connectivity index (χ2n) is 6.55. The van der Waals surface area contributed by atoms with E-state index in [-0.39, 0.29) is 5.75 Å². The summed E-state index contributed by atoms with van der Waals surface area (Å²) in [4.78, 5) is 2.24. The van der Waals surface area contributed by atoms with Gasteiger partial charge in [-0.3, -0.25) is 5.32 Å². The van der Waals surface area contributed by atoms with Gasteiger partial charge in [0.25, 0.3) is 0 Å². The second kappa shape index (κ2) is 8.11. The molecule has 0 spiro atoms. The molecule has 0 radical (unpaired) electrons. The molecule has 1 atom stereocenters. The largest absolute Gasteiger partial charge is 0.302 e. The molecule has 1 saturated heterocycles. The minimum atomic E-state index is -2.82. The fourth-order valence-electron chi connectivity index (χ4n) is 2.83. The zero-order valence-electron chi connectivity index (χ0n) is 13.6. The van der Waals surface area contributed by atoms with E-state index in [9.17, 15) is 13.7 Å². The van der Waals surface area contributed by atoms with Crippen LogP contribution in [0, 0.1) is 11.3 Å². The molecule has 0 aromatic heterocycles. The minimum absolute atomic E-state index is 0.289. The molecule has 1 fully saturated rings. The predicted octanol–water partition coefficient (Wildman–Crippen LogP) is 1.56. The van der Waals surface area contributed by atoms with Crippen molar-refractivity contribution in [3.05, 3.63) is 0 Å². The molecule has 0 aliphatic carbocycles. The molecule has 1 rings (SSSR count). The van der Waals surface area contributed by atoms with Crippen LogP contribution in [-0.4, -0.2) is 56.0 Å². The highest BCUT2D eigenvalue weighted by Gasteiger charge is 2.24. The van der Waals surface area contributed by atoms with E-state index in [1.165, 1.54) is 0 Å². The first-order valence-corrected chi connectivity index (χ1v) is 9.70. The Morgan fingerprint density at radius 3 is 2.62 bits per heavy atom. The molecule has 21 heavy (non-hydrogen) atoms. The number of nitrogens with zero attached hydrogens (tertiary/aromatic N) is 2. The number of hydrogen-bond donors (Lipinski definition) is 1. The molecular formula is C15H29N3O2S. The summed E-state index contributed by atoms with van der Waals surface area (Å²) in [7, 11) is -2.82. The van der Waals surface area contributed by atoms with Crippen molar-refractivity contribution in [3.63, 3.8) is 0 Å². The van der Waals surface area contributed by atoms with Crippen molar-refractivity contribution in [3.8, 4) is 6.07 Å². The number of rotatable bonds is 7. The molecule has 1 unspecified atom stereocenters. The Morgan fingerprint density at radius 2 is 2.00 bits per heavy atom. The molecule has 0 aromatic carbocycles. The Morgan fingerprint density at radius 1 is 1.29 bits per heavy atom. The zero-order valence-corrected chi connectivity index (χ0v) is 14.4. The van der Waals surface area contributed by atoms with Crippen LogP contribution < -0.4 is 5.32 Å². The van der Waals surface area contributed by atoms with Crippen LogP contribution in [0.5, 0.6) is 0 Å². The first-order chi connectivity index (χ1) is 9.76. The first-order valence-electron chi connectivity index (χ1n) is 7.88. The summed E-state index contributed by atoms with van der Waals surface area (Å²) in [5.41, 5.74) is -0.462. The summed E-state index contributed by atoms with van der Waals surface area (Å²) in [6.45, 7) is 8.51. The van der Waals surface area contributed by atoms with E-state index >= 15 is 0 Å². The van der Waals surface area contributed by atoms with E-state index in [0.717, 1.165) is 38.8 Å². The van der Waals surface area contributed by atoms with Gasteiger partial charge >= 0.3 is 0 Å². The van der Waals surface area contributed by atoms with E-state index in [1.54, 1.807) is 0 Å². The number of nitriles is 1. The van der Waals surface area contributed by atoms with Crippen molar-refractivity contribution >= 4 is 9.84 Å². The van der Waals surface area contributed by atoms with E-state index in [0.29, 0.717) is 18.3 Å². The topological polar surface area (TPSA) is 73.2 Å². The minimum Gasteiger partial charge on any atom is -0.302 e. The Hall–Kier alpha value is -0.640. The maximum atomic E-state index is 11.5. The van der Waals surface area contributed by atoms with Crippen LogP contribution in [0.3, 0.4) is 0 Å². The van der Waals surface area contributed by atoms with Crippen LogP contribution in [0.2, 0.25) is 0 Å². The molecule has 1 aliphatic heterocycles. The van der Waals surface area contributed by atoms with Gasteiger partial charge in [-0.05, 0) is 59.5 Å². The summed E-state index contributed by atoms with van der Waals surface area (Å²) in [5.74, 6) is 0.617. The Bertz CT molecular complexity index is 456. The third-order valence-corrected chi connectivity index (χ3v) is 5.62. The molecule has 0 saturated carbocycles. The molecule has 1 heterocycles. The van der Waals surface area contributed by atoms with Crippen molar-refractivity contribution in [1.82, 2.24) is 10.2 Å². The molecule has 5 nitrogen and oxygen atoms in total. The lowest BCUT2D eigenvalue weighted by Crippen LogP contribution is -2.45.